The zero-order chi connectivity index (χ0) is 8.55. The minimum atomic E-state index is -0.589. The smallest absolute Gasteiger partial charge is 0.306 e. The summed E-state index contributed by atoms with van der Waals surface area (Å²) >= 11 is 0. The summed E-state index contributed by atoms with van der Waals surface area (Å²) in [4.78, 5) is 10.9. The molecule has 0 radical (unpaired) electrons. The van der Waals surface area contributed by atoms with Crippen LogP contribution in [0.25, 0.3) is 0 Å². The maximum absolute atomic E-state index is 10.9. The van der Waals surface area contributed by atoms with E-state index in [-0.39, 0.29) is 5.92 Å². The van der Waals surface area contributed by atoms with Crippen molar-refractivity contribution in [3.63, 3.8) is 0 Å². The SMILES string of the molecule is O=C(O)[C@H]1CCN[C@H]2CCC[C@@H]21. The van der Waals surface area contributed by atoms with E-state index in [1.54, 1.807) is 0 Å². The summed E-state index contributed by atoms with van der Waals surface area (Å²) in [6, 6.07) is 0.500. The monoisotopic (exact) mass is 169 g/mol. The fourth-order valence-electron chi connectivity index (χ4n) is 2.67. The van der Waals surface area contributed by atoms with Crippen LogP contribution >= 0.6 is 0 Å². The van der Waals surface area contributed by atoms with Crippen LogP contribution in [-0.4, -0.2) is 23.7 Å². The topological polar surface area (TPSA) is 49.3 Å². The molecular formula is C9H15NO2. The van der Waals surface area contributed by atoms with Gasteiger partial charge in [0.05, 0.1) is 5.92 Å². The number of hydrogen-bond acceptors (Lipinski definition) is 2. The van der Waals surface area contributed by atoms with Crippen LogP contribution in [0.4, 0.5) is 0 Å². The lowest BCUT2D eigenvalue weighted by Gasteiger charge is -2.32. The van der Waals surface area contributed by atoms with E-state index in [1.807, 2.05) is 0 Å². The summed E-state index contributed by atoms with van der Waals surface area (Å²) in [5.41, 5.74) is 0. The summed E-state index contributed by atoms with van der Waals surface area (Å²) in [5, 5.41) is 12.4. The van der Waals surface area contributed by atoms with Gasteiger partial charge < -0.3 is 10.4 Å². The average molecular weight is 169 g/mol. The second-order valence-electron chi connectivity index (χ2n) is 3.89. The Labute approximate surface area is 72.2 Å². The van der Waals surface area contributed by atoms with Crippen LogP contribution in [-0.2, 0) is 4.79 Å². The second kappa shape index (κ2) is 3.05. The van der Waals surface area contributed by atoms with E-state index in [2.05, 4.69) is 5.32 Å². The molecule has 0 aromatic carbocycles. The first kappa shape index (κ1) is 8.05. The molecular weight excluding hydrogens is 154 g/mol. The van der Waals surface area contributed by atoms with Crippen molar-refractivity contribution in [3.05, 3.63) is 0 Å². The lowest BCUT2D eigenvalue weighted by atomic mass is 9.82. The van der Waals surface area contributed by atoms with Gasteiger partial charge in [-0.25, -0.2) is 0 Å². The van der Waals surface area contributed by atoms with Crippen LogP contribution in [0.5, 0.6) is 0 Å². The second-order valence-corrected chi connectivity index (χ2v) is 3.89. The van der Waals surface area contributed by atoms with Crippen molar-refractivity contribution >= 4 is 5.97 Å². The van der Waals surface area contributed by atoms with Crippen LogP contribution in [0.15, 0.2) is 0 Å². The lowest BCUT2D eigenvalue weighted by Crippen LogP contribution is -2.45. The van der Waals surface area contributed by atoms with Gasteiger partial charge in [-0.15, -0.1) is 0 Å². The Kier molecular flexibility index (Phi) is 2.05. The third-order valence-corrected chi connectivity index (χ3v) is 3.27. The minimum Gasteiger partial charge on any atom is -0.481 e. The third kappa shape index (κ3) is 1.22. The molecule has 0 aromatic heterocycles. The number of piperidine rings is 1. The molecule has 68 valence electrons. The van der Waals surface area contributed by atoms with Crippen molar-refractivity contribution in [2.75, 3.05) is 6.54 Å². The van der Waals surface area contributed by atoms with E-state index >= 15 is 0 Å². The van der Waals surface area contributed by atoms with Crippen LogP contribution in [0, 0.1) is 11.8 Å². The molecule has 2 rings (SSSR count). The molecule has 0 bridgehead atoms. The predicted molar refractivity (Wildman–Crippen MR) is 44.9 cm³/mol. The Bertz CT molecular complexity index is 193. The quantitative estimate of drug-likeness (QED) is 0.611. The molecule has 3 atom stereocenters. The summed E-state index contributed by atoms with van der Waals surface area (Å²) in [7, 11) is 0. The van der Waals surface area contributed by atoms with Gasteiger partial charge in [0.2, 0.25) is 0 Å². The number of rotatable bonds is 1. The molecule has 1 aliphatic carbocycles. The number of carboxylic acids is 1. The molecule has 0 spiro atoms. The fourth-order valence-corrected chi connectivity index (χ4v) is 2.67. The third-order valence-electron chi connectivity index (χ3n) is 3.27. The maximum Gasteiger partial charge on any atom is 0.306 e. The van der Waals surface area contributed by atoms with Crippen LogP contribution in [0.2, 0.25) is 0 Å². The lowest BCUT2D eigenvalue weighted by molar-refractivity contribution is -0.145. The van der Waals surface area contributed by atoms with Crippen molar-refractivity contribution in [1.82, 2.24) is 5.32 Å². The molecule has 2 N–H and O–H groups in total. The van der Waals surface area contributed by atoms with Gasteiger partial charge in [0, 0.05) is 6.04 Å². The molecule has 0 amide bonds. The van der Waals surface area contributed by atoms with Crippen molar-refractivity contribution in [1.29, 1.82) is 0 Å². The van der Waals surface area contributed by atoms with Gasteiger partial charge in [-0.3, -0.25) is 4.79 Å². The van der Waals surface area contributed by atoms with Gasteiger partial charge in [0.25, 0.3) is 0 Å². The number of aliphatic carboxylic acids is 1. The van der Waals surface area contributed by atoms with E-state index in [1.165, 1.54) is 12.8 Å². The fraction of sp³-hybridized carbons (Fsp3) is 0.889. The molecule has 2 aliphatic rings. The zero-order valence-electron chi connectivity index (χ0n) is 7.12. The molecule has 2 fully saturated rings. The molecule has 0 unspecified atom stereocenters. The van der Waals surface area contributed by atoms with Gasteiger partial charge in [-0.05, 0) is 31.7 Å². The first-order valence-corrected chi connectivity index (χ1v) is 4.75. The average Bonchev–Trinajstić information content (AvgIpc) is 2.49. The zero-order valence-corrected chi connectivity index (χ0v) is 7.12. The largest absolute Gasteiger partial charge is 0.481 e. The first-order chi connectivity index (χ1) is 5.79. The molecule has 3 heteroatoms. The maximum atomic E-state index is 10.9. The normalized spacial score (nSPS) is 40.8. The van der Waals surface area contributed by atoms with Crippen molar-refractivity contribution in [2.24, 2.45) is 11.8 Å². The Hall–Kier alpha value is -0.570. The van der Waals surface area contributed by atoms with Crippen LogP contribution < -0.4 is 5.32 Å². The Morgan fingerprint density at radius 3 is 2.92 bits per heavy atom. The van der Waals surface area contributed by atoms with Crippen LogP contribution in [0.1, 0.15) is 25.7 Å². The highest BCUT2D eigenvalue weighted by molar-refractivity contribution is 5.70. The summed E-state index contributed by atoms with van der Waals surface area (Å²) in [6.07, 6.45) is 4.30. The highest BCUT2D eigenvalue weighted by atomic mass is 16.4. The van der Waals surface area contributed by atoms with Gasteiger partial charge >= 0.3 is 5.97 Å². The van der Waals surface area contributed by atoms with Gasteiger partial charge in [-0.2, -0.15) is 0 Å². The molecule has 1 aliphatic heterocycles. The summed E-state index contributed by atoms with van der Waals surface area (Å²) in [6.45, 7) is 0.887. The minimum absolute atomic E-state index is 0.0706. The van der Waals surface area contributed by atoms with Crippen molar-refractivity contribution < 1.29 is 9.90 Å². The highest BCUT2D eigenvalue weighted by Gasteiger charge is 2.39. The Balaban J connectivity index is 2.08. The number of hydrogen-bond donors (Lipinski definition) is 2. The van der Waals surface area contributed by atoms with Crippen molar-refractivity contribution in [3.8, 4) is 0 Å². The number of fused-ring (bicyclic) bond motifs is 1. The van der Waals surface area contributed by atoms with E-state index in [9.17, 15) is 4.79 Å². The van der Waals surface area contributed by atoms with E-state index < -0.39 is 5.97 Å². The van der Waals surface area contributed by atoms with E-state index in [0.29, 0.717) is 12.0 Å². The number of carboxylic acid groups (broad SMARTS) is 1. The summed E-state index contributed by atoms with van der Waals surface area (Å²) < 4.78 is 0. The highest BCUT2D eigenvalue weighted by Crippen LogP contribution is 2.36. The predicted octanol–water partition coefficient (Wildman–Crippen LogP) is 0.849. The van der Waals surface area contributed by atoms with Crippen LogP contribution in [0.3, 0.4) is 0 Å². The van der Waals surface area contributed by atoms with Crippen molar-refractivity contribution in [2.45, 2.75) is 31.7 Å². The van der Waals surface area contributed by atoms with Gasteiger partial charge in [-0.1, -0.05) is 6.42 Å². The summed E-state index contributed by atoms with van der Waals surface area (Å²) in [5.74, 6) is -0.247. The number of carbonyl (C=O) groups is 1. The standard InChI is InChI=1S/C9H15NO2/c11-9(12)7-4-5-10-8-3-1-2-6(7)8/h6-8,10H,1-5H2,(H,11,12)/t6-,7+,8+/m1/s1. The molecule has 12 heavy (non-hydrogen) atoms. The Morgan fingerprint density at radius 2 is 2.17 bits per heavy atom. The molecule has 1 heterocycles. The number of nitrogens with one attached hydrogen (secondary N) is 1. The van der Waals surface area contributed by atoms with Gasteiger partial charge in [0.15, 0.2) is 0 Å². The molecule has 3 nitrogen and oxygen atoms in total. The molecule has 0 aromatic rings. The van der Waals surface area contributed by atoms with Gasteiger partial charge in [0.1, 0.15) is 0 Å². The van der Waals surface area contributed by atoms with E-state index in [4.69, 9.17) is 5.11 Å². The Morgan fingerprint density at radius 1 is 1.33 bits per heavy atom. The molecule has 1 saturated carbocycles. The molecule has 1 saturated heterocycles. The van der Waals surface area contributed by atoms with E-state index in [0.717, 1.165) is 19.4 Å². The first-order valence-electron chi connectivity index (χ1n) is 4.75.